The number of anilines is 1. The summed E-state index contributed by atoms with van der Waals surface area (Å²) in [4.78, 5) is 0. The Balaban J connectivity index is 2.09. The Morgan fingerprint density at radius 3 is 2.88 bits per heavy atom. The van der Waals surface area contributed by atoms with Gasteiger partial charge in [0, 0.05) is 30.6 Å². The van der Waals surface area contributed by atoms with E-state index in [2.05, 4.69) is 17.3 Å². The Bertz CT molecular complexity index is 493. The lowest BCUT2D eigenvalue weighted by molar-refractivity contribution is 0.415. The molecule has 17 heavy (non-hydrogen) atoms. The Hall–Kier alpha value is -1.97. The summed E-state index contributed by atoms with van der Waals surface area (Å²) in [5.41, 5.74) is 2.20. The average Bonchev–Trinajstić information content (AvgIpc) is 2.76. The van der Waals surface area contributed by atoms with Gasteiger partial charge in [0.05, 0.1) is 19.3 Å². The maximum absolute atomic E-state index is 5.19. The van der Waals surface area contributed by atoms with Crippen LogP contribution in [0.1, 0.15) is 18.5 Å². The first kappa shape index (κ1) is 11.5. The van der Waals surface area contributed by atoms with E-state index in [1.807, 2.05) is 43.7 Å². The van der Waals surface area contributed by atoms with Gasteiger partial charge in [-0.25, -0.2) is 0 Å². The summed E-state index contributed by atoms with van der Waals surface area (Å²) in [5.74, 6) is 0.855. The van der Waals surface area contributed by atoms with E-state index in [1.54, 1.807) is 11.8 Å². The molecule has 0 aliphatic carbocycles. The Morgan fingerprint density at radius 2 is 2.24 bits per heavy atom. The summed E-state index contributed by atoms with van der Waals surface area (Å²) >= 11 is 0. The SMILES string of the molecule is COc1cccc(NC(C)c2cnn(C)c2)c1. The molecule has 2 aromatic rings. The lowest BCUT2D eigenvalue weighted by Crippen LogP contribution is -2.05. The summed E-state index contributed by atoms with van der Waals surface area (Å²) in [5, 5.41) is 7.58. The second kappa shape index (κ2) is 4.91. The van der Waals surface area contributed by atoms with Gasteiger partial charge in [-0.1, -0.05) is 6.07 Å². The van der Waals surface area contributed by atoms with Crippen molar-refractivity contribution in [2.24, 2.45) is 7.05 Å². The number of nitrogens with zero attached hydrogens (tertiary/aromatic N) is 2. The average molecular weight is 231 g/mol. The number of aromatic nitrogens is 2. The van der Waals surface area contributed by atoms with Gasteiger partial charge in [0.25, 0.3) is 0 Å². The van der Waals surface area contributed by atoms with E-state index in [0.717, 1.165) is 17.0 Å². The molecule has 1 aromatic carbocycles. The fourth-order valence-corrected chi connectivity index (χ4v) is 1.71. The summed E-state index contributed by atoms with van der Waals surface area (Å²) in [7, 11) is 3.59. The second-order valence-electron chi connectivity index (χ2n) is 4.05. The molecule has 2 rings (SSSR count). The molecule has 90 valence electrons. The van der Waals surface area contributed by atoms with Crippen LogP contribution in [0.3, 0.4) is 0 Å². The van der Waals surface area contributed by atoms with Crippen LogP contribution in [0, 0.1) is 0 Å². The minimum Gasteiger partial charge on any atom is -0.497 e. The van der Waals surface area contributed by atoms with Gasteiger partial charge in [0.1, 0.15) is 5.75 Å². The first-order valence-electron chi connectivity index (χ1n) is 5.58. The maximum atomic E-state index is 5.19. The van der Waals surface area contributed by atoms with Crippen LogP contribution in [0.5, 0.6) is 5.75 Å². The molecule has 0 saturated heterocycles. The number of methoxy groups -OCH3 is 1. The zero-order chi connectivity index (χ0) is 12.3. The second-order valence-corrected chi connectivity index (χ2v) is 4.05. The molecule has 0 bridgehead atoms. The smallest absolute Gasteiger partial charge is 0.120 e. The van der Waals surface area contributed by atoms with Gasteiger partial charge in [-0.15, -0.1) is 0 Å². The molecule has 0 aliphatic rings. The van der Waals surface area contributed by atoms with Crippen molar-refractivity contribution in [1.29, 1.82) is 0 Å². The molecule has 0 spiro atoms. The van der Waals surface area contributed by atoms with Crippen LogP contribution >= 0.6 is 0 Å². The van der Waals surface area contributed by atoms with Gasteiger partial charge < -0.3 is 10.1 Å². The van der Waals surface area contributed by atoms with Crippen LogP contribution in [0.4, 0.5) is 5.69 Å². The van der Waals surface area contributed by atoms with Crippen LogP contribution in [0.15, 0.2) is 36.7 Å². The summed E-state index contributed by atoms with van der Waals surface area (Å²) < 4.78 is 6.99. The molecule has 0 aliphatic heterocycles. The van der Waals surface area contributed by atoms with E-state index in [0.29, 0.717) is 0 Å². The van der Waals surface area contributed by atoms with Crippen molar-refractivity contribution >= 4 is 5.69 Å². The molecule has 1 heterocycles. The monoisotopic (exact) mass is 231 g/mol. The van der Waals surface area contributed by atoms with Crippen LogP contribution in [-0.2, 0) is 7.05 Å². The third-order valence-electron chi connectivity index (χ3n) is 2.68. The van der Waals surface area contributed by atoms with Crippen LogP contribution in [0.2, 0.25) is 0 Å². The van der Waals surface area contributed by atoms with Crippen LogP contribution < -0.4 is 10.1 Å². The standard InChI is InChI=1S/C13H17N3O/c1-10(11-8-14-16(2)9-11)15-12-5-4-6-13(7-12)17-3/h4-10,15H,1-3H3. The number of nitrogens with one attached hydrogen (secondary N) is 1. The first-order chi connectivity index (χ1) is 8.19. The maximum Gasteiger partial charge on any atom is 0.120 e. The molecule has 4 heteroatoms. The molecule has 4 nitrogen and oxygen atoms in total. The van der Waals surface area contributed by atoms with E-state index >= 15 is 0 Å². The third kappa shape index (κ3) is 2.78. The molecule has 1 N–H and O–H groups in total. The summed E-state index contributed by atoms with van der Waals surface area (Å²) in [6.45, 7) is 2.11. The Kier molecular flexibility index (Phi) is 3.32. The minimum absolute atomic E-state index is 0.218. The van der Waals surface area contributed by atoms with Crippen molar-refractivity contribution in [3.63, 3.8) is 0 Å². The molecular weight excluding hydrogens is 214 g/mol. The highest BCUT2D eigenvalue weighted by molar-refractivity contribution is 5.49. The van der Waals surface area contributed by atoms with Crippen LogP contribution in [-0.4, -0.2) is 16.9 Å². The lowest BCUT2D eigenvalue weighted by Gasteiger charge is -2.14. The van der Waals surface area contributed by atoms with Gasteiger partial charge >= 0.3 is 0 Å². The van der Waals surface area contributed by atoms with Crippen molar-refractivity contribution in [1.82, 2.24) is 9.78 Å². The zero-order valence-corrected chi connectivity index (χ0v) is 10.3. The van der Waals surface area contributed by atoms with Crippen molar-refractivity contribution in [3.05, 3.63) is 42.2 Å². The van der Waals surface area contributed by atoms with Crippen molar-refractivity contribution in [3.8, 4) is 5.75 Å². The normalized spacial score (nSPS) is 12.2. The summed E-state index contributed by atoms with van der Waals surface area (Å²) in [6.07, 6.45) is 3.88. The van der Waals surface area contributed by atoms with Crippen molar-refractivity contribution < 1.29 is 4.74 Å². The van der Waals surface area contributed by atoms with E-state index in [-0.39, 0.29) is 6.04 Å². The minimum atomic E-state index is 0.218. The molecule has 1 unspecified atom stereocenters. The third-order valence-corrected chi connectivity index (χ3v) is 2.68. The topological polar surface area (TPSA) is 39.1 Å². The zero-order valence-electron chi connectivity index (χ0n) is 10.3. The largest absolute Gasteiger partial charge is 0.497 e. The number of benzene rings is 1. The lowest BCUT2D eigenvalue weighted by atomic mass is 10.2. The number of hydrogen-bond acceptors (Lipinski definition) is 3. The first-order valence-corrected chi connectivity index (χ1v) is 5.58. The highest BCUT2D eigenvalue weighted by atomic mass is 16.5. The van der Waals surface area contributed by atoms with Gasteiger partial charge in [-0.05, 0) is 19.1 Å². The molecule has 0 amide bonds. The van der Waals surface area contributed by atoms with Crippen LogP contribution in [0.25, 0.3) is 0 Å². The van der Waals surface area contributed by atoms with Crippen molar-refractivity contribution in [2.75, 3.05) is 12.4 Å². The Morgan fingerprint density at radius 1 is 1.41 bits per heavy atom. The highest BCUT2D eigenvalue weighted by Crippen LogP contribution is 2.22. The number of aryl methyl sites for hydroxylation is 1. The van der Waals surface area contributed by atoms with Crippen molar-refractivity contribution in [2.45, 2.75) is 13.0 Å². The van der Waals surface area contributed by atoms with Gasteiger partial charge in [-0.2, -0.15) is 5.10 Å². The predicted molar refractivity (Wildman–Crippen MR) is 68.2 cm³/mol. The molecule has 1 aromatic heterocycles. The molecule has 1 atom stereocenters. The van der Waals surface area contributed by atoms with Gasteiger partial charge in [0.2, 0.25) is 0 Å². The van der Waals surface area contributed by atoms with E-state index < -0.39 is 0 Å². The van der Waals surface area contributed by atoms with Gasteiger partial charge in [0.15, 0.2) is 0 Å². The molecular formula is C13H17N3O. The summed E-state index contributed by atoms with van der Waals surface area (Å²) in [6, 6.07) is 8.12. The number of rotatable bonds is 4. The Labute approximate surface area is 101 Å². The van der Waals surface area contributed by atoms with Gasteiger partial charge in [-0.3, -0.25) is 4.68 Å². The highest BCUT2D eigenvalue weighted by Gasteiger charge is 2.07. The van der Waals surface area contributed by atoms with E-state index in [1.165, 1.54) is 0 Å². The quantitative estimate of drug-likeness (QED) is 0.879. The fourth-order valence-electron chi connectivity index (χ4n) is 1.71. The fraction of sp³-hybridized carbons (Fsp3) is 0.308. The van der Waals surface area contributed by atoms with E-state index in [4.69, 9.17) is 4.74 Å². The molecule has 0 fully saturated rings. The number of hydrogen-bond donors (Lipinski definition) is 1. The van der Waals surface area contributed by atoms with E-state index in [9.17, 15) is 0 Å². The molecule has 0 radical (unpaired) electrons. The predicted octanol–water partition coefficient (Wildman–Crippen LogP) is 2.60. The molecule has 0 saturated carbocycles. The number of ether oxygens (including phenoxy) is 1.